The third kappa shape index (κ3) is 2.42. The Balaban J connectivity index is 1.68. The molecule has 22 heavy (non-hydrogen) atoms. The van der Waals surface area contributed by atoms with Crippen LogP contribution in [0, 0.1) is 11.3 Å². The number of para-hydroxylation sites is 1. The average molecular weight is 325 g/mol. The molecule has 0 unspecified atom stereocenters. The van der Waals surface area contributed by atoms with Crippen LogP contribution in [0.5, 0.6) is 5.75 Å². The molecule has 120 valence electrons. The Hall–Kier alpha value is -1.46. The summed E-state index contributed by atoms with van der Waals surface area (Å²) in [6.45, 7) is 5.04. The molecular weight excluding hydrogens is 304 g/mol. The number of ether oxygens (including phenoxy) is 2. The fourth-order valence-electron chi connectivity index (χ4n) is 3.73. The van der Waals surface area contributed by atoms with E-state index in [0.29, 0.717) is 22.4 Å². The van der Waals surface area contributed by atoms with Crippen LogP contribution in [0.2, 0.25) is 5.02 Å². The Morgan fingerprint density at radius 2 is 2.23 bits per heavy atom. The van der Waals surface area contributed by atoms with Crippen LogP contribution >= 0.6 is 11.6 Å². The minimum atomic E-state index is -0.246. The van der Waals surface area contributed by atoms with E-state index in [0.717, 1.165) is 13.0 Å². The lowest BCUT2D eigenvalue weighted by Gasteiger charge is -2.54. The molecule has 0 bridgehead atoms. The first kappa shape index (κ1) is 15.4. The van der Waals surface area contributed by atoms with Gasteiger partial charge in [0.1, 0.15) is 0 Å². The monoisotopic (exact) mass is 324 g/mol. The molecule has 1 aliphatic carbocycles. The number of methoxy groups -OCH3 is 1. The maximum Gasteiger partial charge on any atom is 0.319 e. The molecule has 3 atom stereocenters. The topological polar surface area (TPSA) is 59.6 Å². The van der Waals surface area contributed by atoms with E-state index in [4.69, 9.17) is 21.1 Å². The lowest BCUT2D eigenvalue weighted by atomic mass is 9.57. The Labute approximate surface area is 135 Å². The quantitative estimate of drug-likeness (QED) is 0.897. The second-order valence-corrected chi connectivity index (χ2v) is 6.87. The van der Waals surface area contributed by atoms with Crippen LogP contribution in [-0.4, -0.2) is 31.9 Å². The number of fused-ring (bicyclic) bond motifs is 1. The first-order chi connectivity index (χ1) is 10.4. The summed E-state index contributed by atoms with van der Waals surface area (Å²) in [5.41, 5.74) is 0.514. The summed E-state index contributed by atoms with van der Waals surface area (Å²) >= 11 is 6.06. The molecule has 2 aliphatic rings. The van der Waals surface area contributed by atoms with Gasteiger partial charge in [0.05, 0.1) is 23.9 Å². The lowest BCUT2D eigenvalue weighted by molar-refractivity contribution is -0.107. The van der Waals surface area contributed by atoms with Crippen LogP contribution in [0.15, 0.2) is 18.2 Å². The molecule has 1 aromatic carbocycles. The highest BCUT2D eigenvalue weighted by molar-refractivity contribution is 6.32. The molecule has 2 N–H and O–H groups in total. The SMILES string of the molecule is COc1c(Cl)cccc1NC(=O)N[C@@H]1[C@H]2CCO[C@H]2C1(C)C. The number of rotatable bonds is 3. The second-order valence-electron chi connectivity index (χ2n) is 6.46. The van der Waals surface area contributed by atoms with Crippen molar-refractivity contribution in [3.63, 3.8) is 0 Å². The van der Waals surface area contributed by atoms with E-state index in [1.165, 1.54) is 7.11 Å². The van der Waals surface area contributed by atoms with Gasteiger partial charge in [0.2, 0.25) is 0 Å². The molecule has 0 spiro atoms. The third-order valence-electron chi connectivity index (χ3n) is 4.81. The summed E-state index contributed by atoms with van der Waals surface area (Å²) in [4.78, 5) is 12.3. The molecule has 1 saturated heterocycles. The Morgan fingerprint density at radius 1 is 1.45 bits per heavy atom. The molecule has 1 heterocycles. The number of carbonyl (C=O) groups excluding carboxylic acids is 1. The van der Waals surface area contributed by atoms with Crippen LogP contribution in [0.25, 0.3) is 0 Å². The van der Waals surface area contributed by atoms with Crippen molar-refractivity contribution >= 4 is 23.3 Å². The standard InChI is InChI=1S/C16H21ClN2O3/c1-16(2)13(9-7-8-22-14(9)16)19-15(20)18-11-6-4-5-10(17)12(11)21-3/h4-6,9,13-14H,7-8H2,1-3H3,(H2,18,19,20)/t9-,13-,14-/m1/s1. The van der Waals surface area contributed by atoms with Gasteiger partial charge in [-0.3, -0.25) is 0 Å². The molecule has 6 heteroatoms. The van der Waals surface area contributed by atoms with Gasteiger partial charge in [-0.25, -0.2) is 4.79 Å². The van der Waals surface area contributed by atoms with Gasteiger partial charge >= 0.3 is 6.03 Å². The Morgan fingerprint density at radius 3 is 2.95 bits per heavy atom. The number of halogens is 1. The fraction of sp³-hybridized carbons (Fsp3) is 0.562. The van der Waals surface area contributed by atoms with Gasteiger partial charge in [-0.2, -0.15) is 0 Å². The largest absolute Gasteiger partial charge is 0.493 e. The number of carbonyl (C=O) groups is 1. The number of urea groups is 1. The summed E-state index contributed by atoms with van der Waals surface area (Å²) in [5.74, 6) is 0.872. The maximum atomic E-state index is 12.3. The molecule has 3 rings (SSSR count). The summed E-state index contributed by atoms with van der Waals surface area (Å²) in [5, 5.41) is 6.35. The van der Waals surface area contributed by atoms with Crippen molar-refractivity contribution in [1.82, 2.24) is 5.32 Å². The van der Waals surface area contributed by atoms with E-state index < -0.39 is 0 Å². The molecule has 1 aliphatic heterocycles. The van der Waals surface area contributed by atoms with Crippen molar-refractivity contribution in [2.75, 3.05) is 19.0 Å². The highest BCUT2D eigenvalue weighted by atomic mass is 35.5. The maximum absolute atomic E-state index is 12.3. The number of hydrogen-bond donors (Lipinski definition) is 2. The van der Waals surface area contributed by atoms with Crippen molar-refractivity contribution in [1.29, 1.82) is 0 Å². The van der Waals surface area contributed by atoms with Crippen LogP contribution in [0.3, 0.4) is 0 Å². The zero-order valence-electron chi connectivity index (χ0n) is 13.0. The minimum Gasteiger partial charge on any atom is -0.493 e. The fourth-order valence-corrected chi connectivity index (χ4v) is 3.98. The first-order valence-electron chi connectivity index (χ1n) is 7.46. The number of benzene rings is 1. The highest BCUT2D eigenvalue weighted by Gasteiger charge is 2.59. The van der Waals surface area contributed by atoms with Crippen LogP contribution < -0.4 is 15.4 Å². The van der Waals surface area contributed by atoms with Crippen molar-refractivity contribution in [2.24, 2.45) is 11.3 Å². The number of amides is 2. The number of nitrogens with one attached hydrogen (secondary N) is 2. The van der Waals surface area contributed by atoms with Crippen molar-refractivity contribution in [3.05, 3.63) is 23.2 Å². The van der Waals surface area contributed by atoms with Crippen molar-refractivity contribution < 1.29 is 14.3 Å². The Kier molecular flexibility index (Phi) is 3.95. The molecular formula is C16H21ClN2O3. The van der Waals surface area contributed by atoms with Crippen LogP contribution in [0.1, 0.15) is 20.3 Å². The lowest BCUT2D eigenvalue weighted by Crippen LogP contribution is -2.67. The summed E-state index contributed by atoms with van der Waals surface area (Å²) in [6.07, 6.45) is 1.25. The zero-order chi connectivity index (χ0) is 15.9. The van der Waals surface area contributed by atoms with Gasteiger partial charge in [-0.1, -0.05) is 31.5 Å². The van der Waals surface area contributed by atoms with Gasteiger partial charge in [0, 0.05) is 24.0 Å². The van der Waals surface area contributed by atoms with E-state index in [-0.39, 0.29) is 23.6 Å². The minimum absolute atomic E-state index is 0.0447. The number of hydrogen-bond acceptors (Lipinski definition) is 3. The summed E-state index contributed by atoms with van der Waals surface area (Å²) in [7, 11) is 1.53. The average Bonchev–Trinajstić information content (AvgIpc) is 2.92. The Bertz CT molecular complexity index is 591. The molecule has 2 fully saturated rings. The smallest absolute Gasteiger partial charge is 0.319 e. The van der Waals surface area contributed by atoms with Gasteiger partial charge in [0.15, 0.2) is 5.75 Å². The molecule has 2 amide bonds. The predicted molar refractivity (Wildman–Crippen MR) is 85.6 cm³/mol. The molecule has 1 aromatic rings. The molecule has 5 nitrogen and oxygen atoms in total. The van der Waals surface area contributed by atoms with E-state index in [2.05, 4.69) is 24.5 Å². The van der Waals surface area contributed by atoms with Crippen molar-refractivity contribution in [2.45, 2.75) is 32.4 Å². The van der Waals surface area contributed by atoms with Gasteiger partial charge in [-0.15, -0.1) is 0 Å². The van der Waals surface area contributed by atoms with Crippen LogP contribution in [0.4, 0.5) is 10.5 Å². The van der Waals surface area contributed by atoms with Crippen LogP contribution in [-0.2, 0) is 4.74 Å². The van der Waals surface area contributed by atoms with E-state index in [9.17, 15) is 4.79 Å². The number of anilines is 1. The highest BCUT2D eigenvalue weighted by Crippen LogP contribution is 2.52. The second kappa shape index (κ2) is 5.63. The van der Waals surface area contributed by atoms with Crippen molar-refractivity contribution in [3.8, 4) is 5.75 Å². The van der Waals surface area contributed by atoms with E-state index in [1.807, 2.05) is 0 Å². The first-order valence-corrected chi connectivity index (χ1v) is 7.84. The molecule has 0 radical (unpaired) electrons. The van der Waals surface area contributed by atoms with Gasteiger partial charge in [-0.05, 0) is 18.6 Å². The predicted octanol–water partition coefficient (Wildman–Crippen LogP) is 3.28. The zero-order valence-corrected chi connectivity index (χ0v) is 13.7. The molecule has 1 saturated carbocycles. The third-order valence-corrected chi connectivity index (χ3v) is 5.10. The summed E-state index contributed by atoms with van der Waals surface area (Å²) in [6, 6.07) is 5.12. The van der Waals surface area contributed by atoms with E-state index in [1.54, 1.807) is 18.2 Å². The van der Waals surface area contributed by atoms with Gasteiger partial charge < -0.3 is 20.1 Å². The van der Waals surface area contributed by atoms with Gasteiger partial charge in [0.25, 0.3) is 0 Å². The summed E-state index contributed by atoms with van der Waals surface area (Å²) < 4.78 is 11.0. The molecule has 0 aromatic heterocycles. The normalized spacial score (nSPS) is 28.5. The van der Waals surface area contributed by atoms with E-state index >= 15 is 0 Å².